The smallest absolute Gasteiger partial charge is 0.272 e. The van der Waals surface area contributed by atoms with Crippen LogP contribution in [0.15, 0.2) is 36.5 Å². The zero-order valence-corrected chi connectivity index (χ0v) is 15.6. The van der Waals surface area contributed by atoms with Crippen molar-refractivity contribution in [3.05, 3.63) is 47.8 Å². The van der Waals surface area contributed by atoms with Gasteiger partial charge in [0.2, 0.25) is 5.95 Å². The number of hydrogen-bond acceptors (Lipinski definition) is 4. The molecule has 0 atom stereocenters. The van der Waals surface area contributed by atoms with Crippen molar-refractivity contribution in [2.45, 2.75) is 46.5 Å². The van der Waals surface area contributed by atoms with Gasteiger partial charge in [-0.25, -0.2) is 9.97 Å². The summed E-state index contributed by atoms with van der Waals surface area (Å²) in [5.74, 6) is 0.898. The van der Waals surface area contributed by atoms with E-state index in [1.54, 1.807) is 12.3 Å². The number of aromatic nitrogens is 2. The number of carbonyl (C=O) groups is 1. The van der Waals surface area contributed by atoms with E-state index in [2.05, 4.69) is 55.1 Å². The van der Waals surface area contributed by atoms with Gasteiger partial charge in [0.1, 0.15) is 5.69 Å². The molecule has 5 nitrogen and oxygen atoms in total. The van der Waals surface area contributed by atoms with E-state index in [0.717, 1.165) is 31.6 Å². The predicted octanol–water partition coefficient (Wildman–Crippen LogP) is 4.61. The second-order valence-electron chi connectivity index (χ2n) is 6.46. The molecule has 0 bridgehead atoms. The molecule has 1 aromatic heterocycles. The van der Waals surface area contributed by atoms with Crippen molar-refractivity contribution in [2.75, 3.05) is 18.4 Å². The Kier molecular flexibility index (Phi) is 6.92. The number of nitrogens with one attached hydrogen (secondary N) is 1. The Morgan fingerprint density at radius 3 is 2.28 bits per heavy atom. The van der Waals surface area contributed by atoms with Gasteiger partial charge in [-0.2, -0.15) is 0 Å². The molecule has 2 rings (SSSR count). The average Bonchev–Trinajstić information content (AvgIpc) is 2.61. The van der Waals surface area contributed by atoms with Crippen molar-refractivity contribution in [1.82, 2.24) is 14.9 Å². The molecule has 134 valence electrons. The predicted molar refractivity (Wildman–Crippen MR) is 102 cm³/mol. The standard InChI is InChI=1S/C20H28N4O/c1-5-13-24(14-6-2)19(25)18-11-12-21-20(23-18)22-17-9-7-16(8-10-17)15(3)4/h7-12,15H,5-6,13-14H2,1-4H3,(H,21,22,23). The van der Waals surface area contributed by atoms with Crippen molar-refractivity contribution in [3.8, 4) is 0 Å². The van der Waals surface area contributed by atoms with Gasteiger partial charge < -0.3 is 10.2 Å². The van der Waals surface area contributed by atoms with Crippen molar-refractivity contribution in [3.63, 3.8) is 0 Å². The molecule has 0 aliphatic heterocycles. The number of anilines is 2. The van der Waals surface area contributed by atoms with Gasteiger partial charge in [0.05, 0.1) is 0 Å². The van der Waals surface area contributed by atoms with Crippen molar-refractivity contribution in [1.29, 1.82) is 0 Å². The summed E-state index contributed by atoms with van der Waals surface area (Å²) >= 11 is 0. The monoisotopic (exact) mass is 340 g/mol. The first-order valence-corrected chi connectivity index (χ1v) is 9.04. The summed E-state index contributed by atoms with van der Waals surface area (Å²) in [4.78, 5) is 23.1. The van der Waals surface area contributed by atoms with Gasteiger partial charge >= 0.3 is 0 Å². The minimum atomic E-state index is -0.0377. The lowest BCUT2D eigenvalue weighted by molar-refractivity contribution is 0.0749. The van der Waals surface area contributed by atoms with E-state index in [-0.39, 0.29) is 5.91 Å². The van der Waals surface area contributed by atoms with E-state index in [9.17, 15) is 4.79 Å². The highest BCUT2D eigenvalue weighted by atomic mass is 16.2. The zero-order chi connectivity index (χ0) is 18.2. The van der Waals surface area contributed by atoms with Gasteiger partial charge in [-0.15, -0.1) is 0 Å². The zero-order valence-electron chi connectivity index (χ0n) is 15.6. The summed E-state index contributed by atoms with van der Waals surface area (Å²) in [6, 6.07) is 9.87. The molecule has 0 saturated carbocycles. The molecule has 0 aliphatic rings. The second kappa shape index (κ2) is 9.16. The number of amides is 1. The van der Waals surface area contributed by atoms with Crippen LogP contribution in [0.1, 0.15) is 62.5 Å². The van der Waals surface area contributed by atoms with Gasteiger partial charge in [-0.3, -0.25) is 4.79 Å². The normalized spacial score (nSPS) is 10.8. The summed E-state index contributed by atoms with van der Waals surface area (Å²) in [5, 5.41) is 3.18. The average molecular weight is 340 g/mol. The Morgan fingerprint density at radius 1 is 1.08 bits per heavy atom. The fraction of sp³-hybridized carbons (Fsp3) is 0.450. The first kappa shape index (κ1) is 18.9. The van der Waals surface area contributed by atoms with Crippen LogP contribution >= 0.6 is 0 Å². The maximum Gasteiger partial charge on any atom is 0.272 e. The number of carbonyl (C=O) groups excluding carboxylic acids is 1. The molecular weight excluding hydrogens is 312 g/mol. The third kappa shape index (κ3) is 5.28. The topological polar surface area (TPSA) is 58.1 Å². The van der Waals surface area contributed by atoms with Crippen LogP contribution in [0.5, 0.6) is 0 Å². The van der Waals surface area contributed by atoms with Crippen molar-refractivity contribution < 1.29 is 4.79 Å². The number of nitrogens with zero attached hydrogens (tertiary/aromatic N) is 3. The molecule has 1 heterocycles. The minimum absolute atomic E-state index is 0.0377. The molecule has 0 radical (unpaired) electrons. The van der Waals surface area contributed by atoms with Gasteiger partial charge in [0, 0.05) is 25.0 Å². The molecule has 1 aromatic carbocycles. The van der Waals surface area contributed by atoms with Crippen LogP contribution in [0.25, 0.3) is 0 Å². The van der Waals surface area contributed by atoms with Crippen LogP contribution in [-0.4, -0.2) is 33.9 Å². The Balaban J connectivity index is 2.13. The summed E-state index contributed by atoms with van der Waals surface area (Å²) in [6.45, 7) is 9.97. The van der Waals surface area contributed by atoms with Crippen molar-refractivity contribution in [2.24, 2.45) is 0 Å². The van der Waals surface area contributed by atoms with Crippen LogP contribution in [0.3, 0.4) is 0 Å². The third-order valence-corrected chi connectivity index (χ3v) is 3.98. The first-order chi connectivity index (χ1) is 12.0. The quantitative estimate of drug-likeness (QED) is 0.762. The molecule has 5 heteroatoms. The Labute approximate surface area is 150 Å². The molecular formula is C20H28N4O. The Bertz CT molecular complexity index is 676. The lowest BCUT2D eigenvalue weighted by Gasteiger charge is -2.21. The Hall–Kier alpha value is -2.43. The van der Waals surface area contributed by atoms with Crippen LogP contribution in [-0.2, 0) is 0 Å². The molecule has 0 saturated heterocycles. The number of rotatable bonds is 8. The van der Waals surface area contributed by atoms with Crippen LogP contribution < -0.4 is 5.32 Å². The van der Waals surface area contributed by atoms with E-state index in [1.807, 2.05) is 17.0 Å². The van der Waals surface area contributed by atoms with Crippen LogP contribution in [0, 0.1) is 0 Å². The third-order valence-electron chi connectivity index (χ3n) is 3.98. The van der Waals surface area contributed by atoms with Gasteiger partial charge in [0.25, 0.3) is 5.91 Å². The van der Waals surface area contributed by atoms with E-state index < -0.39 is 0 Å². The van der Waals surface area contributed by atoms with Crippen LogP contribution in [0.2, 0.25) is 0 Å². The maximum absolute atomic E-state index is 12.7. The SMILES string of the molecule is CCCN(CCC)C(=O)c1ccnc(Nc2ccc(C(C)C)cc2)n1. The molecule has 0 spiro atoms. The molecule has 2 aromatic rings. The fourth-order valence-electron chi connectivity index (χ4n) is 2.64. The lowest BCUT2D eigenvalue weighted by atomic mass is 10.0. The largest absolute Gasteiger partial charge is 0.337 e. The second-order valence-corrected chi connectivity index (χ2v) is 6.46. The van der Waals surface area contributed by atoms with E-state index >= 15 is 0 Å². The summed E-state index contributed by atoms with van der Waals surface area (Å²) < 4.78 is 0. The Morgan fingerprint density at radius 2 is 1.72 bits per heavy atom. The summed E-state index contributed by atoms with van der Waals surface area (Å²) in [6.07, 6.45) is 3.50. The number of hydrogen-bond donors (Lipinski definition) is 1. The molecule has 0 unspecified atom stereocenters. The van der Waals surface area contributed by atoms with Crippen LogP contribution in [0.4, 0.5) is 11.6 Å². The molecule has 0 fully saturated rings. The molecule has 1 amide bonds. The number of benzene rings is 1. The van der Waals surface area contributed by atoms with Gasteiger partial charge in [0.15, 0.2) is 0 Å². The highest BCUT2D eigenvalue weighted by molar-refractivity contribution is 5.92. The maximum atomic E-state index is 12.7. The highest BCUT2D eigenvalue weighted by Gasteiger charge is 2.16. The fourth-order valence-corrected chi connectivity index (χ4v) is 2.64. The summed E-state index contributed by atoms with van der Waals surface area (Å²) in [5.41, 5.74) is 2.62. The highest BCUT2D eigenvalue weighted by Crippen LogP contribution is 2.19. The first-order valence-electron chi connectivity index (χ1n) is 9.04. The van der Waals surface area contributed by atoms with E-state index in [1.165, 1.54) is 5.56 Å². The van der Waals surface area contributed by atoms with Crippen molar-refractivity contribution >= 4 is 17.5 Å². The van der Waals surface area contributed by atoms with Gasteiger partial charge in [-0.05, 0) is 42.5 Å². The minimum Gasteiger partial charge on any atom is -0.337 e. The molecule has 0 aliphatic carbocycles. The molecule has 25 heavy (non-hydrogen) atoms. The van der Waals surface area contributed by atoms with Gasteiger partial charge in [-0.1, -0.05) is 39.8 Å². The molecule has 1 N–H and O–H groups in total. The summed E-state index contributed by atoms with van der Waals surface area (Å²) in [7, 11) is 0. The van der Waals surface area contributed by atoms with E-state index in [0.29, 0.717) is 17.6 Å². The lowest BCUT2D eigenvalue weighted by Crippen LogP contribution is -2.33. The van der Waals surface area contributed by atoms with E-state index in [4.69, 9.17) is 0 Å².